The Labute approximate surface area is 108 Å². The molecule has 0 spiro atoms. The molecule has 0 aliphatic carbocycles. The van der Waals surface area contributed by atoms with E-state index in [2.05, 4.69) is 26.1 Å². The predicted octanol–water partition coefficient (Wildman–Crippen LogP) is 3.90. The maximum absolute atomic E-state index is 13.8. The molecule has 0 bridgehead atoms. The fourth-order valence-electron chi connectivity index (χ4n) is 1.90. The summed E-state index contributed by atoms with van der Waals surface area (Å²) < 4.78 is 13.8. The fourth-order valence-corrected chi connectivity index (χ4v) is 2.10. The normalized spacial score (nSPS) is 13.8. The summed E-state index contributed by atoms with van der Waals surface area (Å²) in [5.74, 6) is 0.0972. The Morgan fingerprint density at radius 1 is 1.35 bits per heavy atom. The lowest BCUT2D eigenvalue weighted by Gasteiger charge is -2.31. The average molecular weight is 258 g/mol. The van der Waals surface area contributed by atoms with Crippen LogP contribution in [-0.2, 0) is 6.42 Å². The van der Waals surface area contributed by atoms with Crippen LogP contribution in [0.2, 0.25) is 5.02 Å². The summed E-state index contributed by atoms with van der Waals surface area (Å²) in [6, 6.07) is 5.21. The van der Waals surface area contributed by atoms with Gasteiger partial charge in [0.2, 0.25) is 0 Å². The van der Waals surface area contributed by atoms with E-state index in [1.165, 1.54) is 0 Å². The first-order chi connectivity index (χ1) is 7.86. The summed E-state index contributed by atoms with van der Waals surface area (Å²) in [5, 5.41) is 3.38. The summed E-state index contributed by atoms with van der Waals surface area (Å²) in [6.45, 7) is 7.40. The van der Waals surface area contributed by atoms with E-state index in [4.69, 9.17) is 11.6 Å². The molecule has 1 aromatic rings. The molecule has 1 rings (SSSR count). The topological polar surface area (TPSA) is 12.0 Å². The first kappa shape index (κ1) is 14.5. The average Bonchev–Trinajstić information content (AvgIpc) is 2.22. The Morgan fingerprint density at radius 3 is 2.53 bits per heavy atom. The molecule has 0 aromatic heterocycles. The Hall–Kier alpha value is -0.600. The molecular weight excluding hydrogens is 237 g/mol. The molecule has 1 nitrogen and oxygen atoms in total. The zero-order valence-corrected chi connectivity index (χ0v) is 11.7. The van der Waals surface area contributed by atoms with Gasteiger partial charge in [-0.15, -0.1) is 0 Å². The van der Waals surface area contributed by atoms with E-state index in [9.17, 15) is 4.39 Å². The number of nitrogens with one attached hydrogen (secondary N) is 1. The van der Waals surface area contributed by atoms with Crippen molar-refractivity contribution in [1.29, 1.82) is 0 Å². The van der Waals surface area contributed by atoms with Crippen LogP contribution in [0, 0.1) is 17.2 Å². The van der Waals surface area contributed by atoms with Gasteiger partial charge in [-0.25, -0.2) is 4.39 Å². The largest absolute Gasteiger partial charge is 0.319 e. The van der Waals surface area contributed by atoms with Gasteiger partial charge in [0.1, 0.15) is 5.82 Å². The van der Waals surface area contributed by atoms with E-state index in [1.807, 2.05) is 13.1 Å². The molecule has 3 heteroatoms. The number of halogens is 2. The smallest absolute Gasteiger partial charge is 0.144 e. The fraction of sp³-hybridized carbons (Fsp3) is 0.571. The predicted molar refractivity (Wildman–Crippen MR) is 72.0 cm³/mol. The molecule has 0 aliphatic rings. The van der Waals surface area contributed by atoms with E-state index < -0.39 is 0 Å². The lowest BCUT2D eigenvalue weighted by molar-refractivity contribution is 0.233. The molecule has 0 saturated heterocycles. The van der Waals surface area contributed by atoms with Gasteiger partial charge < -0.3 is 5.32 Å². The quantitative estimate of drug-likeness (QED) is 0.863. The van der Waals surface area contributed by atoms with E-state index >= 15 is 0 Å². The molecule has 0 fully saturated rings. The third-order valence-electron chi connectivity index (χ3n) is 3.17. The maximum Gasteiger partial charge on any atom is 0.144 e. The first-order valence-corrected chi connectivity index (χ1v) is 6.31. The third kappa shape index (κ3) is 3.97. The number of hydrogen-bond donors (Lipinski definition) is 1. The monoisotopic (exact) mass is 257 g/mol. The van der Waals surface area contributed by atoms with Gasteiger partial charge in [-0.05, 0) is 43.0 Å². The molecular formula is C14H21ClFN. The second-order valence-corrected chi connectivity index (χ2v) is 5.94. The van der Waals surface area contributed by atoms with E-state index in [0.717, 1.165) is 6.54 Å². The van der Waals surface area contributed by atoms with Crippen LogP contribution < -0.4 is 5.32 Å². The molecule has 1 N–H and O–H groups in total. The Bertz CT molecular complexity index is 371. The SMILES string of the molecule is CNCC(Cc1cccc(Cl)c1F)C(C)(C)C. The van der Waals surface area contributed by atoms with Crippen molar-refractivity contribution in [1.82, 2.24) is 5.32 Å². The molecule has 0 amide bonds. The number of rotatable bonds is 4. The Balaban J connectivity index is 2.90. The van der Waals surface area contributed by atoms with Crippen LogP contribution >= 0.6 is 11.6 Å². The summed E-state index contributed by atoms with van der Waals surface area (Å²) >= 11 is 5.80. The molecule has 17 heavy (non-hydrogen) atoms. The zero-order chi connectivity index (χ0) is 13.1. The van der Waals surface area contributed by atoms with E-state index in [0.29, 0.717) is 17.9 Å². The maximum atomic E-state index is 13.8. The highest BCUT2D eigenvalue weighted by molar-refractivity contribution is 6.30. The van der Waals surface area contributed by atoms with Crippen LogP contribution in [0.25, 0.3) is 0 Å². The van der Waals surface area contributed by atoms with Crippen LogP contribution in [0.5, 0.6) is 0 Å². The highest BCUT2D eigenvalue weighted by Gasteiger charge is 2.25. The van der Waals surface area contributed by atoms with Gasteiger partial charge >= 0.3 is 0 Å². The second-order valence-electron chi connectivity index (χ2n) is 5.54. The van der Waals surface area contributed by atoms with Gasteiger partial charge in [-0.2, -0.15) is 0 Å². The van der Waals surface area contributed by atoms with Crippen LogP contribution in [0.3, 0.4) is 0 Å². The van der Waals surface area contributed by atoms with Crippen LogP contribution in [0.4, 0.5) is 4.39 Å². The molecule has 0 radical (unpaired) electrons. The summed E-state index contributed by atoms with van der Waals surface area (Å²) in [6.07, 6.45) is 0.705. The van der Waals surface area contributed by atoms with Crippen molar-refractivity contribution in [2.24, 2.45) is 11.3 Å². The lowest BCUT2D eigenvalue weighted by atomic mass is 9.77. The molecule has 0 aliphatic heterocycles. The third-order valence-corrected chi connectivity index (χ3v) is 3.47. The van der Waals surface area contributed by atoms with E-state index in [1.54, 1.807) is 12.1 Å². The van der Waals surface area contributed by atoms with Crippen LogP contribution in [0.15, 0.2) is 18.2 Å². The second kappa shape index (κ2) is 5.83. The van der Waals surface area contributed by atoms with Gasteiger partial charge in [-0.1, -0.05) is 44.5 Å². The number of benzene rings is 1. The zero-order valence-electron chi connectivity index (χ0n) is 11.0. The van der Waals surface area contributed by atoms with Crippen molar-refractivity contribution in [2.45, 2.75) is 27.2 Å². The van der Waals surface area contributed by atoms with Gasteiger partial charge in [0, 0.05) is 0 Å². The van der Waals surface area contributed by atoms with Crippen molar-refractivity contribution < 1.29 is 4.39 Å². The summed E-state index contributed by atoms with van der Waals surface area (Å²) in [4.78, 5) is 0. The van der Waals surface area contributed by atoms with Crippen molar-refractivity contribution in [3.05, 3.63) is 34.6 Å². The summed E-state index contributed by atoms with van der Waals surface area (Å²) in [7, 11) is 1.92. The van der Waals surface area contributed by atoms with Gasteiger partial charge in [0.25, 0.3) is 0 Å². The minimum absolute atomic E-state index is 0.137. The Kier molecular flexibility index (Phi) is 4.96. The van der Waals surface area contributed by atoms with Crippen molar-refractivity contribution in [2.75, 3.05) is 13.6 Å². The lowest BCUT2D eigenvalue weighted by Crippen LogP contribution is -2.32. The molecule has 96 valence electrons. The van der Waals surface area contributed by atoms with E-state index in [-0.39, 0.29) is 16.3 Å². The minimum Gasteiger partial charge on any atom is -0.319 e. The molecule has 1 unspecified atom stereocenters. The minimum atomic E-state index is -0.278. The van der Waals surface area contributed by atoms with Crippen molar-refractivity contribution >= 4 is 11.6 Å². The molecule has 1 atom stereocenters. The molecule has 0 saturated carbocycles. The first-order valence-electron chi connectivity index (χ1n) is 5.93. The molecule has 1 aromatic carbocycles. The van der Waals surface area contributed by atoms with Crippen molar-refractivity contribution in [3.8, 4) is 0 Å². The standard InChI is InChI=1S/C14H21ClFN/c1-14(2,3)11(9-17-4)8-10-6-5-7-12(15)13(10)16/h5-7,11,17H,8-9H2,1-4H3. The Morgan fingerprint density at radius 2 is 2.00 bits per heavy atom. The highest BCUT2D eigenvalue weighted by atomic mass is 35.5. The highest BCUT2D eigenvalue weighted by Crippen LogP contribution is 2.30. The van der Waals surface area contributed by atoms with Gasteiger partial charge in [0.05, 0.1) is 5.02 Å². The van der Waals surface area contributed by atoms with Crippen LogP contribution in [0.1, 0.15) is 26.3 Å². The summed E-state index contributed by atoms with van der Waals surface area (Å²) in [5.41, 5.74) is 0.838. The number of hydrogen-bond acceptors (Lipinski definition) is 1. The van der Waals surface area contributed by atoms with Gasteiger partial charge in [0.15, 0.2) is 0 Å². The van der Waals surface area contributed by atoms with Crippen molar-refractivity contribution in [3.63, 3.8) is 0 Å². The van der Waals surface area contributed by atoms with Gasteiger partial charge in [-0.3, -0.25) is 0 Å². The van der Waals surface area contributed by atoms with Crippen LogP contribution in [-0.4, -0.2) is 13.6 Å². The molecule has 0 heterocycles.